The van der Waals surface area contributed by atoms with Crippen LogP contribution in [0.15, 0.2) is 60.0 Å². The van der Waals surface area contributed by atoms with Crippen molar-refractivity contribution >= 4 is 34.9 Å². The van der Waals surface area contributed by atoms with Gasteiger partial charge in [-0.25, -0.2) is 9.37 Å². The molecule has 8 heteroatoms. The van der Waals surface area contributed by atoms with Crippen LogP contribution in [0.1, 0.15) is 12.6 Å². The van der Waals surface area contributed by atoms with E-state index in [4.69, 9.17) is 4.74 Å². The van der Waals surface area contributed by atoms with Crippen LogP contribution >= 0.6 is 11.3 Å². The van der Waals surface area contributed by atoms with Crippen molar-refractivity contribution in [1.82, 2.24) is 9.88 Å². The molecule has 3 rings (SSSR count). The summed E-state index contributed by atoms with van der Waals surface area (Å²) in [5.41, 5.74) is 2.06. The summed E-state index contributed by atoms with van der Waals surface area (Å²) < 4.78 is 18.2. The molecular formula is C23H22FN3O3S. The molecule has 0 aliphatic heterocycles. The Morgan fingerprint density at radius 1 is 1.16 bits per heavy atom. The van der Waals surface area contributed by atoms with E-state index in [-0.39, 0.29) is 24.2 Å². The van der Waals surface area contributed by atoms with Gasteiger partial charge >= 0.3 is 0 Å². The minimum Gasteiger partial charge on any atom is -0.497 e. The lowest BCUT2D eigenvalue weighted by Crippen LogP contribution is -2.36. The molecule has 160 valence electrons. The number of nitrogens with zero attached hydrogens (tertiary/aromatic N) is 2. The Labute approximate surface area is 184 Å². The third-order valence-electron chi connectivity index (χ3n) is 4.41. The summed E-state index contributed by atoms with van der Waals surface area (Å²) in [6, 6.07) is 13.0. The molecule has 0 atom stereocenters. The lowest BCUT2D eigenvalue weighted by Gasteiger charge is -2.18. The van der Waals surface area contributed by atoms with Crippen molar-refractivity contribution in [3.63, 3.8) is 0 Å². The fourth-order valence-corrected chi connectivity index (χ4v) is 3.54. The number of thiazole rings is 1. The van der Waals surface area contributed by atoms with Crippen molar-refractivity contribution in [3.05, 3.63) is 71.5 Å². The first kappa shape index (κ1) is 22.2. The average Bonchev–Trinajstić information content (AvgIpc) is 3.26. The zero-order valence-electron chi connectivity index (χ0n) is 17.2. The topological polar surface area (TPSA) is 71.5 Å². The maximum absolute atomic E-state index is 13.1. The zero-order chi connectivity index (χ0) is 22.2. The van der Waals surface area contributed by atoms with Crippen LogP contribution in [-0.2, 0) is 9.59 Å². The predicted molar refractivity (Wildman–Crippen MR) is 120 cm³/mol. The van der Waals surface area contributed by atoms with Crippen molar-refractivity contribution in [3.8, 4) is 16.3 Å². The Hall–Kier alpha value is -3.52. The Morgan fingerprint density at radius 3 is 2.52 bits per heavy atom. The first-order valence-corrected chi connectivity index (χ1v) is 10.5. The summed E-state index contributed by atoms with van der Waals surface area (Å²) in [4.78, 5) is 30.7. The number of halogens is 1. The minimum atomic E-state index is -0.304. The highest BCUT2D eigenvalue weighted by Crippen LogP contribution is 2.24. The van der Waals surface area contributed by atoms with Gasteiger partial charge in [-0.3, -0.25) is 9.59 Å². The molecule has 0 bridgehead atoms. The Morgan fingerprint density at radius 2 is 1.87 bits per heavy atom. The highest BCUT2D eigenvalue weighted by atomic mass is 32.1. The van der Waals surface area contributed by atoms with Crippen molar-refractivity contribution in [2.24, 2.45) is 0 Å². The molecular weight excluding hydrogens is 417 g/mol. The number of nitrogens with one attached hydrogen (secondary N) is 1. The lowest BCUT2D eigenvalue weighted by atomic mass is 10.2. The molecule has 0 radical (unpaired) electrons. The van der Waals surface area contributed by atoms with Crippen LogP contribution in [0.3, 0.4) is 0 Å². The molecule has 1 aromatic heterocycles. The molecule has 1 N–H and O–H groups in total. The summed E-state index contributed by atoms with van der Waals surface area (Å²) in [5.74, 6) is -0.190. The summed E-state index contributed by atoms with van der Waals surface area (Å²) >= 11 is 1.41. The van der Waals surface area contributed by atoms with Crippen molar-refractivity contribution < 1.29 is 18.7 Å². The molecule has 0 aliphatic carbocycles. The van der Waals surface area contributed by atoms with E-state index in [2.05, 4.69) is 10.3 Å². The number of methoxy groups -OCH3 is 1. The summed E-state index contributed by atoms with van der Waals surface area (Å²) in [6.07, 6.45) is 3.00. The molecule has 3 aromatic rings. The zero-order valence-corrected chi connectivity index (χ0v) is 18.0. The van der Waals surface area contributed by atoms with Crippen LogP contribution in [0.5, 0.6) is 5.75 Å². The maximum Gasteiger partial charge on any atom is 0.247 e. The van der Waals surface area contributed by atoms with Crippen molar-refractivity contribution in [2.45, 2.75) is 6.92 Å². The van der Waals surface area contributed by atoms with E-state index in [1.54, 1.807) is 49.6 Å². The highest BCUT2D eigenvalue weighted by Gasteiger charge is 2.14. The molecule has 1 heterocycles. The van der Waals surface area contributed by atoms with Gasteiger partial charge in [-0.15, -0.1) is 11.3 Å². The smallest absolute Gasteiger partial charge is 0.247 e. The standard InChI is InChI=1S/C23H22FN3O3S/c1-3-27(14-21(28)25-18-8-11-20(30-2)12-9-18)22(29)13-10-19-15-31-23(26-19)16-4-6-17(24)7-5-16/h4-13,15H,3,14H2,1-2H3,(H,25,28)/b13-10+. The van der Waals surface area contributed by atoms with Gasteiger partial charge in [0, 0.05) is 29.3 Å². The summed E-state index contributed by atoms with van der Waals surface area (Å²) in [5, 5.41) is 5.31. The average molecular weight is 440 g/mol. The molecule has 2 amide bonds. The Balaban J connectivity index is 1.58. The monoisotopic (exact) mass is 439 g/mol. The number of likely N-dealkylation sites (N-methyl/N-ethyl adjacent to an activating group) is 1. The number of rotatable bonds is 8. The van der Waals surface area contributed by atoms with Crippen LogP contribution < -0.4 is 10.1 Å². The molecule has 0 saturated carbocycles. The second-order valence-electron chi connectivity index (χ2n) is 6.55. The molecule has 0 unspecified atom stereocenters. The van der Waals surface area contributed by atoms with Crippen LogP contribution in [0.25, 0.3) is 16.6 Å². The first-order chi connectivity index (χ1) is 15.0. The SMILES string of the molecule is CCN(CC(=O)Nc1ccc(OC)cc1)C(=O)/C=C/c1csc(-c2ccc(F)cc2)n1. The van der Waals surface area contributed by atoms with Gasteiger partial charge in [-0.05, 0) is 61.5 Å². The fraction of sp³-hybridized carbons (Fsp3) is 0.174. The molecule has 31 heavy (non-hydrogen) atoms. The van der Waals surface area contributed by atoms with E-state index < -0.39 is 0 Å². The third kappa shape index (κ3) is 6.23. The van der Waals surface area contributed by atoms with Crippen molar-refractivity contribution in [1.29, 1.82) is 0 Å². The van der Waals surface area contributed by atoms with Gasteiger partial charge in [-0.1, -0.05) is 0 Å². The second kappa shape index (κ2) is 10.5. The van der Waals surface area contributed by atoms with Crippen LogP contribution in [0.2, 0.25) is 0 Å². The summed E-state index contributed by atoms with van der Waals surface area (Å²) in [7, 11) is 1.57. The fourth-order valence-electron chi connectivity index (χ4n) is 2.74. The predicted octanol–water partition coefficient (Wildman–Crippen LogP) is 4.46. The van der Waals surface area contributed by atoms with Gasteiger partial charge < -0.3 is 15.0 Å². The third-order valence-corrected chi connectivity index (χ3v) is 5.32. The normalized spacial score (nSPS) is 10.8. The van der Waals surface area contributed by atoms with E-state index in [0.717, 1.165) is 10.6 Å². The van der Waals surface area contributed by atoms with Gasteiger partial charge in [0.1, 0.15) is 23.1 Å². The van der Waals surface area contributed by atoms with E-state index in [9.17, 15) is 14.0 Å². The number of carbonyl (C=O) groups is 2. The van der Waals surface area contributed by atoms with Gasteiger partial charge in [0.25, 0.3) is 0 Å². The number of aromatic nitrogens is 1. The Bertz CT molecular complexity index is 1060. The number of hydrogen-bond acceptors (Lipinski definition) is 5. The summed E-state index contributed by atoms with van der Waals surface area (Å²) in [6.45, 7) is 2.13. The molecule has 0 spiro atoms. The highest BCUT2D eigenvalue weighted by molar-refractivity contribution is 7.13. The van der Waals surface area contributed by atoms with Gasteiger partial charge in [0.05, 0.1) is 12.8 Å². The Kier molecular flexibility index (Phi) is 7.50. The molecule has 0 aliphatic rings. The van der Waals surface area contributed by atoms with Crippen LogP contribution in [0.4, 0.5) is 10.1 Å². The van der Waals surface area contributed by atoms with E-state index in [1.807, 2.05) is 12.3 Å². The van der Waals surface area contributed by atoms with Gasteiger partial charge in [0.15, 0.2) is 0 Å². The van der Waals surface area contributed by atoms with E-state index >= 15 is 0 Å². The molecule has 0 fully saturated rings. The van der Waals surface area contributed by atoms with E-state index in [1.165, 1.54) is 34.4 Å². The second-order valence-corrected chi connectivity index (χ2v) is 7.40. The van der Waals surface area contributed by atoms with Crippen LogP contribution in [-0.4, -0.2) is 41.9 Å². The number of amides is 2. The molecule has 2 aromatic carbocycles. The number of carbonyl (C=O) groups excluding carboxylic acids is 2. The van der Waals surface area contributed by atoms with Gasteiger partial charge in [-0.2, -0.15) is 0 Å². The number of benzene rings is 2. The maximum atomic E-state index is 13.1. The number of ether oxygens (including phenoxy) is 1. The van der Waals surface area contributed by atoms with Crippen LogP contribution in [0, 0.1) is 5.82 Å². The van der Waals surface area contributed by atoms with Crippen molar-refractivity contribution in [2.75, 3.05) is 25.5 Å². The number of hydrogen-bond donors (Lipinski definition) is 1. The van der Waals surface area contributed by atoms with Gasteiger partial charge in [0.2, 0.25) is 11.8 Å². The van der Waals surface area contributed by atoms with E-state index in [0.29, 0.717) is 23.7 Å². The minimum absolute atomic E-state index is 0.0659. The number of anilines is 1. The lowest BCUT2D eigenvalue weighted by molar-refractivity contribution is -0.130. The molecule has 6 nitrogen and oxygen atoms in total. The molecule has 0 saturated heterocycles. The first-order valence-electron chi connectivity index (χ1n) is 9.61. The quantitative estimate of drug-likeness (QED) is 0.526. The largest absolute Gasteiger partial charge is 0.497 e.